The topological polar surface area (TPSA) is 20.3 Å². The molecule has 2 rings (SSSR count). The minimum Gasteiger partial charge on any atom is -0.366 e. The quantitative estimate of drug-likeness (QED) is 0.605. The van der Waals surface area contributed by atoms with Gasteiger partial charge in [-0.1, -0.05) is 12.2 Å². The van der Waals surface area contributed by atoms with Crippen LogP contribution in [0.2, 0.25) is 0 Å². The van der Waals surface area contributed by atoms with Crippen LogP contribution in [0.1, 0.15) is 16.8 Å². The van der Waals surface area contributed by atoms with Gasteiger partial charge in [0.2, 0.25) is 0 Å². The highest BCUT2D eigenvalue weighted by molar-refractivity contribution is 9.10. The highest BCUT2D eigenvalue weighted by Crippen LogP contribution is 2.30. The number of rotatable bonds is 2. The van der Waals surface area contributed by atoms with E-state index in [4.69, 9.17) is 0 Å². The Morgan fingerprint density at radius 1 is 1.47 bits per heavy atom. The molecule has 1 aliphatic rings. The maximum atomic E-state index is 10.6. The van der Waals surface area contributed by atoms with E-state index in [1.807, 2.05) is 18.2 Å². The SMILES string of the molecule is C=C1CCN(c2ccc(C=O)cc2Br)C1. The Bertz CT molecular complexity index is 414. The molecule has 0 amide bonds. The summed E-state index contributed by atoms with van der Waals surface area (Å²) in [6.07, 6.45) is 1.92. The Labute approximate surface area is 97.7 Å². The molecular weight excluding hydrogens is 254 g/mol. The minimum atomic E-state index is 0.698. The van der Waals surface area contributed by atoms with Crippen LogP contribution in [-0.2, 0) is 0 Å². The molecule has 0 atom stereocenters. The second-order valence-electron chi connectivity index (χ2n) is 3.75. The number of halogens is 1. The average molecular weight is 266 g/mol. The molecule has 0 aliphatic carbocycles. The van der Waals surface area contributed by atoms with Crippen LogP contribution in [0.15, 0.2) is 34.8 Å². The lowest BCUT2D eigenvalue weighted by Crippen LogP contribution is -2.18. The van der Waals surface area contributed by atoms with E-state index < -0.39 is 0 Å². The van der Waals surface area contributed by atoms with E-state index in [1.54, 1.807) is 0 Å². The lowest BCUT2D eigenvalue weighted by Gasteiger charge is -2.19. The predicted octanol–water partition coefficient (Wildman–Crippen LogP) is 3.03. The fourth-order valence-electron chi connectivity index (χ4n) is 1.78. The molecule has 1 aromatic rings. The van der Waals surface area contributed by atoms with Crippen LogP contribution >= 0.6 is 15.9 Å². The molecule has 0 aromatic heterocycles. The fraction of sp³-hybridized carbons (Fsp3) is 0.250. The van der Waals surface area contributed by atoms with Crippen molar-refractivity contribution in [1.82, 2.24) is 0 Å². The van der Waals surface area contributed by atoms with Crippen LogP contribution in [0.25, 0.3) is 0 Å². The zero-order chi connectivity index (χ0) is 10.8. The van der Waals surface area contributed by atoms with Gasteiger partial charge in [-0.15, -0.1) is 0 Å². The van der Waals surface area contributed by atoms with Crippen molar-refractivity contribution in [3.63, 3.8) is 0 Å². The van der Waals surface area contributed by atoms with Crippen LogP contribution in [0, 0.1) is 0 Å². The van der Waals surface area contributed by atoms with E-state index in [9.17, 15) is 4.79 Å². The van der Waals surface area contributed by atoms with Crippen LogP contribution in [0.5, 0.6) is 0 Å². The summed E-state index contributed by atoms with van der Waals surface area (Å²) in [5.74, 6) is 0. The number of benzene rings is 1. The molecule has 1 aliphatic heterocycles. The molecule has 78 valence electrons. The van der Waals surface area contributed by atoms with Crippen LogP contribution in [-0.4, -0.2) is 19.4 Å². The van der Waals surface area contributed by atoms with E-state index in [-0.39, 0.29) is 0 Å². The van der Waals surface area contributed by atoms with Crippen molar-refractivity contribution >= 4 is 27.9 Å². The third-order valence-corrected chi connectivity index (χ3v) is 3.23. The van der Waals surface area contributed by atoms with Gasteiger partial charge < -0.3 is 4.90 Å². The van der Waals surface area contributed by atoms with Gasteiger partial charge in [0.15, 0.2) is 0 Å². The summed E-state index contributed by atoms with van der Waals surface area (Å²) in [6, 6.07) is 5.67. The summed E-state index contributed by atoms with van der Waals surface area (Å²) in [7, 11) is 0. The third kappa shape index (κ3) is 2.12. The number of nitrogens with zero attached hydrogens (tertiary/aromatic N) is 1. The smallest absolute Gasteiger partial charge is 0.150 e. The molecule has 15 heavy (non-hydrogen) atoms. The van der Waals surface area contributed by atoms with Crippen molar-refractivity contribution in [3.8, 4) is 0 Å². The number of aldehydes is 1. The maximum absolute atomic E-state index is 10.6. The van der Waals surface area contributed by atoms with Gasteiger partial charge in [0.1, 0.15) is 6.29 Å². The van der Waals surface area contributed by atoms with Gasteiger partial charge in [-0.2, -0.15) is 0 Å². The first-order valence-electron chi connectivity index (χ1n) is 4.87. The normalized spacial score (nSPS) is 15.8. The van der Waals surface area contributed by atoms with E-state index in [0.29, 0.717) is 5.56 Å². The van der Waals surface area contributed by atoms with Gasteiger partial charge in [-0.05, 0) is 40.5 Å². The molecule has 1 aromatic carbocycles. The molecular formula is C12H12BrNO. The van der Waals surface area contributed by atoms with Gasteiger partial charge in [-0.25, -0.2) is 0 Å². The Morgan fingerprint density at radius 2 is 2.27 bits per heavy atom. The Hall–Kier alpha value is -1.09. The summed E-state index contributed by atoms with van der Waals surface area (Å²) < 4.78 is 0.974. The number of hydrogen-bond acceptors (Lipinski definition) is 2. The molecule has 3 heteroatoms. The monoisotopic (exact) mass is 265 g/mol. The lowest BCUT2D eigenvalue weighted by atomic mass is 10.2. The van der Waals surface area contributed by atoms with Gasteiger partial charge in [0.05, 0.1) is 5.69 Å². The highest BCUT2D eigenvalue weighted by Gasteiger charge is 2.17. The molecule has 0 saturated carbocycles. The molecule has 0 spiro atoms. The first-order chi connectivity index (χ1) is 7.20. The summed E-state index contributed by atoms with van der Waals surface area (Å²) >= 11 is 3.49. The standard InChI is InChI=1S/C12H12BrNO/c1-9-4-5-14(7-9)12-3-2-10(8-15)6-11(12)13/h2-3,6,8H,1,4-5,7H2. The number of anilines is 1. The average Bonchev–Trinajstić information content (AvgIpc) is 2.64. The largest absolute Gasteiger partial charge is 0.366 e. The number of hydrogen-bond donors (Lipinski definition) is 0. The number of carbonyl (C=O) groups excluding carboxylic acids is 1. The predicted molar refractivity (Wildman–Crippen MR) is 65.5 cm³/mol. The summed E-state index contributed by atoms with van der Waals surface area (Å²) in [4.78, 5) is 12.9. The number of carbonyl (C=O) groups is 1. The van der Waals surface area contributed by atoms with Crippen molar-refractivity contribution in [2.45, 2.75) is 6.42 Å². The first-order valence-corrected chi connectivity index (χ1v) is 5.66. The Kier molecular flexibility index (Phi) is 2.91. The fourth-order valence-corrected chi connectivity index (χ4v) is 2.43. The van der Waals surface area contributed by atoms with Gasteiger partial charge in [0.25, 0.3) is 0 Å². The van der Waals surface area contributed by atoms with Gasteiger partial charge >= 0.3 is 0 Å². The molecule has 1 heterocycles. The molecule has 0 unspecified atom stereocenters. The zero-order valence-corrected chi connectivity index (χ0v) is 9.96. The Morgan fingerprint density at radius 3 is 2.80 bits per heavy atom. The molecule has 0 bridgehead atoms. The van der Waals surface area contributed by atoms with E-state index in [1.165, 1.54) is 5.57 Å². The van der Waals surface area contributed by atoms with Crippen LogP contribution in [0.3, 0.4) is 0 Å². The summed E-state index contributed by atoms with van der Waals surface area (Å²) in [5.41, 5.74) is 3.10. The van der Waals surface area contributed by atoms with Crippen LogP contribution in [0.4, 0.5) is 5.69 Å². The molecule has 0 N–H and O–H groups in total. The second-order valence-corrected chi connectivity index (χ2v) is 4.60. The molecule has 1 fully saturated rings. The van der Waals surface area contributed by atoms with Gasteiger partial charge in [-0.3, -0.25) is 4.79 Å². The molecule has 2 nitrogen and oxygen atoms in total. The van der Waals surface area contributed by atoms with Crippen molar-refractivity contribution in [2.75, 3.05) is 18.0 Å². The Balaban J connectivity index is 2.29. The second kappa shape index (κ2) is 4.19. The maximum Gasteiger partial charge on any atom is 0.150 e. The van der Waals surface area contributed by atoms with E-state index >= 15 is 0 Å². The van der Waals surface area contributed by atoms with Crippen molar-refractivity contribution in [3.05, 3.63) is 40.4 Å². The third-order valence-electron chi connectivity index (χ3n) is 2.60. The van der Waals surface area contributed by atoms with E-state index in [0.717, 1.165) is 36.0 Å². The van der Waals surface area contributed by atoms with Crippen molar-refractivity contribution in [1.29, 1.82) is 0 Å². The van der Waals surface area contributed by atoms with E-state index in [2.05, 4.69) is 27.4 Å². The van der Waals surface area contributed by atoms with Crippen molar-refractivity contribution < 1.29 is 4.79 Å². The minimum absolute atomic E-state index is 0.698. The van der Waals surface area contributed by atoms with Gasteiger partial charge in [0, 0.05) is 23.1 Å². The summed E-state index contributed by atoms with van der Waals surface area (Å²) in [5, 5.41) is 0. The highest BCUT2D eigenvalue weighted by atomic mass is 79.9. The molecule has 0 radical (unpaired) electrons. The summed E-state index contributed by atoms with van der Waals surface area (Å²) in [6.45, 7) is 5.91. The molecule has 1 saturated heterocycles. The van der Waals surface area contributed by atoms with Crippen molar-refractivity contribution in [2.24, 2.45) is 0 Å². The lowest BCUT2D eigenvalue weighted by molar-refractivity contribution is 0.112. The van der Waals surface area contributed by atoms with Crippen LogP contribution < -0.4 is 4.90 Å². The zero-order valence-electron chi connectivity index (χ0n) is 8.37. The first kappa shape index (κ1) is 10.4.